The number of hydrogen-bond donors (Lipinski definition) is 1. The van der Waals surface area contributed by atoms with Crippen molar-refractivity contribution in [2.45, 2.75) is 13.8 Å². The maximum Gasteiger partial charge on any atom is 0.352 e. The van der Waals surface area contributed by atoms with Crippen LogP contribution in [-0.4, -0.2) is 22.8 Å². The van der Waals surface area contributed by atoms with Gasteiger partial charge >= 0.3 is 5.97 Å². The topological polar surface area (TPSA) is 51.5 Å². The first kappa shape index (κ1) is 11.5. The van der Waals surface area contributed by atoms with Crippen molar-refractivity contribution in [2.75, 3.05) is 7.11 Å². The first-order valence-corrected chi connectivity index (χ1v) is 5.34. The molecule has 0 aliphatic rings. The van der Waals surface area contributed by atoms with Gasteiger partial charge in [-0.1, -0.05) is 0 Å². The molecular weight excluding hydrogens is 218 g/mol. The molecule has 0 spiro atoms. The van der Waals surface area contributed by atoms with Gasteiger partial charge in [-0.3, -0.25) is 0 Å². The van der Waals surface area contributed by atoms with Crippen LogP contribution in [0.25, 0.3) is 10.9 Å². The Balaban J connectivity index is 2.88. The standard InChI is InChI=1S/C13H15NO3/c1-7-5-9-8(2)12(13(15)16)14(3)10(9)6-11(7)17-4/h5-6H,1-4H3,(H,15,16). The van der Waals surface area contributed by atoms with Crippen molar-refractivity contribution >= 4 is 16.9 Å². The highest BCUT2D eigenvalue weighted by Gasteiger charge is 2.18. The molecule has 0 bridgehead atoms. The summed E-state index contributed by atoms with van der Waals surface area (Å²) >= 11 is 0. The van der Waals surface area contributed by atoms with Gasteiger partial charge in [0.25, 0.3) is 0 Å². The number of nitrogens with zero attached hydrogens (tertiary/aromatic N) is 1. The molecular formula is C13H15NO3. The molecule has 1 N–H and O–H groups in total. The summed E-state index contributed by atoms with van der Waals surface area (Å²) in [6.07, 6.45) is 0. The molecule has 0 aliphatic carbocycles. The van der Waals surface area contributed by atoms with Gasteiger partial charge in [-0.2, -0.15) is 0 Å². The van der Waals surface area contributed by atoms with Crippen LogP contribution >= 0.6 is 0 Å². The minimum absolute atomic E-state index is 0.327. The van der Waals surface area contributed by atoms with Crippen LogP contribution in [-0.2, 0) is 7.05 Å². The molecule has 0 saturated carbocycles. The summed E-state index contributed by atoms with van der Waals surface area (Å²) in [5, 5.41) is 10.2. The van der Waals surface area contributed by atoms with Crippen molar-refractivity contribution in [3.8, 4) is 5.75 Å². The zero-order chi connectivity index (χ0) is 12.7. The minimum Gasteiger partial charge on any atom is -0.496 e. The number of aromatic nitrogens is 1. The van der Waals surface area contributed by atoms with Gasteiger partial charge in [0, 0.05) is 18.5 Å². The van der Waals surface area contributed by atoms with Crippen LogP contribution in [0.4, 0.5) is 0 Å². The molecule has 2 rings (SSSR count). The number of benzene rings is 1. The van der Waals surface area contributed by atoms with Gasteiger partial charge in [-0.15, -0.1) is 0 Å². The summed E-state index contributed by atoms with van der Waals surface area (Å²) in [6, 6.07) is 3.85. The van der Waals surface area contributed by atoms with E-state index >= 15 is 0 Å². The second-order valence-corrected chi connectivity index (χ2v) is 4.18. The molecule has 4 nitrogen and oxygen atoms in total. The third-order valence-electron chi connectivity index (χ3n) is 3.17. The normalized spacial score (nSPS) is 10.8. The SMILES string of the molecule is COc1cc2c(cc1C)c(C)c(C(=O)O)n2C. The second kappa shape index (κ2) is 3.80. The van der Waals surface area contributed by atoms with Gasteiger partial charge in [0.1, 0.15) is 11.4 Å². The third-order valence-corrected chi connectivity index (χ3v) is 3.17. The summed E-state index contributed by atoms with van der Waals surface area (Å²) in [6.45, 7) is 3.78. The minimum atomic E-state index is -0.905. The van der Waals surface area contributed by atoms with Crippen LogP contribution in [0, 0.1) is 13.8 Å². The monoisotopic (exact) mass is 233 g/mol. The second-order valence-electron chi connectivity index (χ2n) is 4.18. The van der Waals surface area contributed by atoms with Crippen molar-refractivity contribution in [1.29, 1.82) is 0 Å². The highest BCUT2D eigenvalue weighted by atomic mass is 16.5. The molecule has 2 aromatic rings. The Hall–Kier alpha value is -1.97. The van der Waals surface area contributed by atoms with E-state index in [4.69, 9.17) is 4.74 Å². The highest BCUT2D eigenvalue weighted by Crippen LogP contribution is 2.30. The van der Waals surface area contributed by atoms with Crippen molar-refractivity contribution < 1.29 is 14.6 Å². The van der Waals surface area contributed by atoms with Crippen LogP contribution in [0.5, 0.6) is 5.75 Å². The number of carboxylic acids is 1. The van der Waals surface area contributed by atoms with Crippen molar-refractivity contribution in [1.82, 2.24) is 4.57 Å². The van der Waals surface area contributed by atoms with Crippen LogP contribution in [0.1, 0.15) is 21.6 Å². The smallest absolute Gasteiger partial charge is 0.352 e. The van der Waals surface area contributed by atoms with E-state index in [2.05, 4.69) is 0 Å². The number of aromatic carboxylic acids is 1. The molecule has 17 heavy (non-hydrogen) atoms. The third kappa shape index (κ3) is 1.56. The van der Waals surface area contributed by atoms with Gasteiger partial charge < -0.3 is 14.4 Å². The highest BCUT2D eigenvalue weighted by molar-refractivity contribution is 5.98. The summed E-state index contributed by atoms with van der Waals surface area (Å²) in [5.41, 5.74) is 3.00. The molecule has 0 aliphatic heterocycles. The number of carbonyl (C=O) groups is 1. The largest absolute Gasteiger partial charge is 0.496 e. The molecule has 0 atom stereocenters. The Bertz CT molecular complexity index is 611. The molecule has 0 saturated heterocycles. The molecule has 0 unspecified atom stereocenters. The fraction of sp³-hybridized carbons (Fsp3) is 0.308. The molecule has 90 valence electrons. The maximum absolute atomic E-state index is 11.2. The number of rotatable bonds is 2. The lowest BCUT2D eigenvalue weighted by molar-refractivity contribution is 0.0686. The summed E-state index contributed by atoms with van der Waals surface area (Å²) in [5.74, 6) is -0.132. The lowest BCUT2D eigenvalue weighted by Crippen LogP contribution is -2.05. The lowest BCUT2D eigenvalue weighted by atomic mass is 10.1. The zero-order valence-corrected chi connectivity index (χ0v) is 10.4. The number of carboxylic acid groups (broad SMARTS) is 1. The maximum atomic E-state index is 11.2. The summed E-state index contributed by atoms with van der Waals surface area (Å²) < 4.78 is 6.95. The fourth-order valence-electron chi connectivity index (χ4n) is 2.28. The van der Waals surface area contributed by atoms with E-state index in [-0.39, 0.29) is 0 Å². The van der Waals surface area contributed by atoms with Gasteiger partial charge in [0.05, 0.1) is 12.6 Å². The van der Waals surface area contributed by atoms with E-state index in [1.54, 1.807) is 18.7 Å². The average Bonchev–Trinajstić information content (AvgIpc) is 2.50. The predicted molar refractivity (Wildman–Crippen MR) is 65.9 cm³/mol. The molecule has 0 fully saturated rings. The Kier molecular flexibility index (Phi) is 2.58. The van der Waals surface area contributed by atoms with Gasteiger partial charge in [0.15, 0.2) is 0 Å². The molecule has 1 aromatic heterocycles. The predicted octanol–water partition coefficient (Wildman–Crippen LogP) is 2.50. The summed E-state index contributed by atoms with van der Waals surface area (Å²) in [7, 11) is 3.37. The quantitative estimate of drug-likeness (QED) is 0.867. The first-order valence-electron chi connectivity index (χ1n) is 5.34. The number of aryl methyl sites for hydroxylation is 3. The van der Waals surface area contributed by atoms with E-state index < -0.39 is 5.97 Å². The van der Waals surface area contributed by atoms with E-state index in [1.165, 1.54) is 0 Å². The number of ether oxygens (including phenoxy) is 1. The molecule has 0 radical (unpaired) electrons. The van der Waals surface area contributed by atoms with Crippen LogP contribution in [0.2, 0.25) is 0 Å². The zero-order valence-electron chi connectivity index (χ0n) is 10.4. The van der Waals surface area contributed by atoms with Crippen LogP contribution in [0.15, 0.2) is 12.1 Å². The van der Waals surface area contributed by atoms with Crippen LogP contribution in [0.3, 0.4) is 0 Å². The summed E-state index contributed by atoms with van der Waals surface area (Å²) in [4.78, 5) is 11.2. The van der Waals surface area contributed by atoms with Crippen molar-refractivity contribution in [3.63, 3.8) is 0 Å². The average molecular weight is 233 g/mol. The van der Waals surface area contributed by atoms with E-state index in [0.717, 1.165) is 27.8 Å². The van der Waals surface area contributed by atoms with E-state index in [0.29, 0.717) is 5.69 Å². The van der Waals surface area contributed by atoms with Gasteiger partial charge in [0.2, 0.25) is 0 Å². The number of fused-ring (bicyclic) bond motifs is 1. The molecule has 1 heterocycles. The van der Waals surface area contributed by atoms with E-state index in [1.807, 2.05) is 26.0 Å². The van der Waals surface area contributed by atoms with Crippen molar-refractivity contribution in [3.05, 3.63) is 29.0 Å². The number of hydrogen-bond acceptors (Lipinski definition) is 2. The Morgan fingerprint density at radius 2 is 2.00 bits per heavy atom. The first-order chi connectivity index (χ1) is 7.97. The molecule has 0 amide bonds. The Labute approximate surface area is 99.4 Å². The number of methoxy groups -OCH3 is 1. The van der Waals surface area contributed by atoms with Gasteiger partial charge in [-0.25, -0.2) is 4.79 Å². The lowest BCUT2D eigenvalue weighted by Gasteiger charge is -2.05. The van der Waals surface area contributed by atoms with Gasteiger partial charge in [-0.05, 0) is 31.0 Å². The van der Waals surface area contributed by atoms with Crippen molar-refractivity contribution in [2.24, 2.45) is 7.05 Å². The van der Waals surface area contributed by atoms with Crippen LogP contribution < -0.4 is 4.74 Å². The molecule has 1 aromatic carbocycles. The Morgan fingerprint density at radius 1 is 1.35 bits per heavy atom. The van der Waals surface area contributed by atoms with E-state index in [9.17, 15) is 9.90 Å². The Morgan fingerprint density at radius 3 is 2.53 bits per heavy atom. The fourth-order valence-corrected chi connectivity index (χ4v) is 2.28. The molecule has 4 heteroatoms.